The first-order valence-corrected chi connectivity index (χ1v) is 8.07. The van der Waals surface area contributed by atoms with Gasteiger partial charge in [0.15, 0.2) is 0 Å². The number of hydrogen-bond donors (Lipinski definition) is 1. The van der Waals surface area contributed by atoms with Crippen LogP contribution in [0.3, 0.4) is 0 Å². The molecule has 0 aromatic rings. The predicted molar refractivity (Wildman–Crippen MR) is 80.9 cm³/mol. The van der Waals surface area contributed by atoms with E-state index in [2.05, 4.69) is 44.8 Å². The molecule has 3 atom stereocenters. The van der Waals surface area contributed by atoms with E-state index in [0.717, 1.165) is 31.7 Å². The summed E-state index contributed by atoms with van der Waals surface area (Å²) in [5, 5.41) is 3.52. The van der Waals surface area contributed by atoms with Gasteiger partial charge in [-0.3, -0.25) is 10.1 Å². The molecule has 0 aromatic heterocycles. The molecule has 0 spiro atoms. The van der Waals surface area contributed by atoms with Crippen molar-refractivity contribution >= 4 is 5.91 Å². The van der Waals surface area contributed by atoms with Crippen molar-refractivity contribution in [2.24, 2.45) is 11.8 Å². The summed E-state index contributed by atoms with van der Waals surface area (Å²) in [6, 6.07) is 0.0417. The summed E-state index contributed by atoms with van der Waals surface area (Å²) in [4.78, 5) is 14.5. The van der Waals surface area contributed by atoms with E-state index in [-0.39, 0.29) is 12.2 Å². The summed E-state index contributed by atoms with van der Waals surface area (Å²) >= 11 is 0. The minimum atomic E-state index is 0.0417. The van der Waals surface area contributed by atoms with Gasteiger partial charge in [-0.25, -0.2) is 0 Å². The van der Waals surface area contributed by atoms with Crippen LogP contribution in [0.15, 0.2) is 0 Å². The molecular weight excluding hydrogens is 236 g/mol. The van der Waals surface area contributed by atoms with Crippen LogP contribution in [-0.2, 0) is 4.79 Å². The van der Waals surface area contributed by atoms with Crippen LogP contribution in [0.2, 0.25) is 0 Å². The lowest BCUT2D eigenvalue weighted by molar-refractivity contribution is -0.131. The lowest BCUT2D eigenvalue weighted by Crippen LogP contribution is -2.37. The number of hydrogen-bond acceptors (Lipinski definition) is 2. The molecule has 0 aromatic carbocycles. The van der Waals surface area contributed by atoms with Crippen molar-refractivity contribution in [3.63, 3.8) is 0 Å². The van der Waals surface area contributed by atoms with Crippen LogP contribution < -0.4 is 5.32 Å². The third-order valence-corrected chi connectivity index (χ3v) is 4.33. The Morgan fingerprint density at radius 2 is 1.89 bits per heavy atom. The summed E-state index contributed by atoms with van der Waals surface area (Å²) in [5.41, 5.74) is 0. The maximum Gasteiger partial charge on any atom is 0.241 e. The second kappa shape index (κ2) is 7.88. The van der Waals surface area contributed by atoms with Crippen LogP contribution in [0.1, 0.15) is 66.7 Å². The third-order valence-electron chi connectivity index (χ3n) is 4.33. The Balaban J connectivity index is 2.48. The van der Waals surface area contributed by atoms with Gasteiger partial charge in [-0.2, -0.15) is 0 Å². The molecule has 1 aliphatic heterocycles. The van der Waals surface area contributed by atoms with Gasteiger partial charge in [-0.15, -0.1) is 0 Å². The van der Waals surface area contributed by atoms with E-state index in [1.54, 1.807) is 0 Å². The molecule has 1 amide bonds. The van der Waals surface area contributed by atoms with Gasteiger partial charge >= 0.3 is 0 Å². The van der Waals surface area contributed by atoms with E-state index in [1.165, 1.54) is 12.8 Å². The molecular formula is C16H32N2O. The second-order valence-corrected chi connectivity index (χ2v) is 6.38. The van der Waals surface area contributed by atoms with Crippen LogP contribution in [0.5, 0.6) is 0 Å². The Morgan fingerprint density at radius 1 is 1.21 bits per heavy atom. The van der Waals surface area contributed by atoms with E-state index >= 15 is 0 Å². The van der Waals surface area contributed by atoms with Gasteiger partial charge < -0.3 is 4.90 Å². The van der Waals surface area contributed by atoms with Gasteiger partial charge in [0.25, 0.3) is 0 Å². The maximum absolute atomic E-state index is 12.5. The Kier molecular flexibility index (Phi) is 6.84. The fourth-order valence-electron chi connectivity index (χ4n) is 2.78. The molecule has 1 heterocycles. The van der Waals surface area contributed by atoms with Crippen molar-refractivity contribution in [1.29, 1.82) is 0 Å². The second-order valence-electron chi connectivity index (χ2n) is 6.38. The average molecular weight is 268 g/mol. The normalized spacial score (nSPS) is 25.4. The van der Waals surface area contributed by atoms with Crippen molar-refractivity contribution in [1.82, 2.24) is 10.2 Å². The molecule has 1 aliphatic rings. The largest absolute Gasteiger partial charge is 0.326 e. The van der Waals surface area contributed by atoms with Crippen molar-refractivity contribution in [2.75, 3.05) is 6.54 Å². The molecule has 3 unspecified atom stereocenters. The Labute approximate surface area is 119 Å². The first kappa shape index (κ1) is 16.5. The maximum atomic E-state index is 12.5. The number of rotatable bonds is 8. The molecule has 1 saturated heterocycles. The molecule has 3 heteroatoms. The zero-order valence-electron chi connectivity index (χ0n) is 13.4. The standard InChI is InChI=1S/C16H32N2O/c1-6-13(5)15-16(19)18(14(7-2)17-15)11-9-8-10-12(3)4/h12-15,17H,6-11H2,1-5H3. The molecule has 0 aliphatic carbocycles. The van der Waals surface area contributed by atoms with Crippen molar-refractivity contribution < 1.29 is 4.79 Å². The monoisotopic (exact) mass is 268 g/mol. The molecule has 0 saturated carbocycles. The zero-order chi connectivity index (χ0) is 14.4. The van der Waals surface area contributed by atoms with Gasteiger partial charge in [0.05, 0.1) is 12.2 Å². The highest BCUT2D eigenvalue weighted by molar-refractivity contribution is 5.84. The van der Waals surface area contributed by atoms with Gasteiger partial charge in [0, 0.05) is 6.54 Å². The lowest BCUT2D eigenvalue weighted by atomic mass is 9.99. The van der Waals surface area contributed by atoms with E-state index in [1.807, 2.05) is 0 Å². The lowest BCUT2D eigenvalue weighted by Gasteiger charge is -2.23. The molecule has 0 radical (unpaired) electrons. The van der Waals surface area contributed by atoms with Gasteiger partial charge in [-0.05, 0) is 24.7 Å². The molecule has 3 nitrogen and oxygen atoms in total. The van der Waals surface area contributed by atoms with Crippen molar-refractivity contribution in [2.45, 2.75) is 78.9 Å². The molecule has 0 bridgehead atoms. The first-order valence-electron chi connectivity index (χ1n) is 8.07. The highest BCUT2D eigenvalue weighted by atomic mass is 16.2. The fourth-order valence-corrected chi connectivity index (χ4v) is 2.78. The third kappa shape index (κ3) is 4.48. The first-order chi connectivity index (χ1) is 9.01. The summed E-state index contributed by atoms with van der Waals surface area (Å²) in [5.74, 6) is 1.52. The molecule has 19 heavy (non-hydrogen) atoms. The Bertz CT molecular complexity index is 278. The number of nitrogens with one attached hydrogen (secondary N) is 1. The summed E-state index contributed by atoms with van der Waals surface area (Å²) in [7, 11) is 0. The van der Waals surface area contributed by atoms with Gasteiger partial charge in [0.2, 0.25) is 5.91 Å². The molecule has 1 fully saturated rings. The Hall–Kier alpha value is -0.570. The Morgan fingerprint density at radius 3 is 2.42 bits per heavy atom. The minimum Gasteiger partial charge on any atom is -0.326 e. The van der Waals surface area contributed by atoms with Gasteiger partial charge in [0.1, 0.15) is 0 Å². The highest BCUT2D eigenvalue weighted by Crippen LogP contribution is 2.21. The van der Waals surface area contributed by atoms with Crippen molar-refractivity contribution in [3.8, 4) is 0 Å². The van der Waals surface area contributed by atoms with Crippen LogP contribution in [-0.4, -0.2) is 29.6 Å². The fraction of sp³-hybridized carbons (Fsp3) is 0.938. The van der Waals surface area contributed by atoms with Crippen LogP contribution in [0.25, 0.3) is 0 Å². The van der Waals surface area contributed by atoms with Crippen LogP contribution >= 0.6 is 0 Å². The quantitative estimate of drug-likeness (QED) is 0.684. The van der Waals surface area contributed by atoms with Gasteiger partial charge in [-0.1, -0.05) is 53.9 Å². The summed E-state index contributed by atoms with van der Waals surface area (Å²) < 4.78 is 0. The zero-order valence-corrected chi connectivity index (χ0v) is 13.4. The topological polar surface area (TPSA) is 32.3 Å². The summed E-state index contributed by atoms with van der Waals surface area (Å²) in [6.07, 6.45) is 5.94. The van der Waals surface area contributed by atoms with Crippen molar-refractivity contribution in [3.05, 3.63) is 0 Å². The van der Waals surface area contributed by atoms with E-state index in [4.69, 9.17) is 0 Å². The smallest absolute Gasteiger partial charge is 0.241 e. The van der Waals surface area contributed by atoms with Crippen LogP contribution in [0.4, 0.5) is 0 Å². The number of unbranched alkanes of at least 4 members (excludes halogenated alkanes) is 1. The van der Waals surface area contributed by atoms with E-state index < -0.39 is 0 Å². The number of carbonyl (C=O) groups excluding carboxylic acids is 1. The highest BCUT2D eigenvalue weighted by Gasteiger charge is 2.39. The summed E-state index contributed by atoms with van der Waals surface area (Å²) in [6.45, 7) is 11.9. The minimum absolute atomic E-state index is 0.0417. The van der Waals surface area contributed by atoms with E-state index in [9.17, 15) is 4.79 Å². The van der Waals surface area contributed by atoms with E-state index in [0.29, 0.717) is 11.8 Å². The number of amides is 1. The number of carbonyl (C=O) groups is 1. The predicted octanol–water partition coefficient (Wildman–Crippen LogP) is 3.40. The SMILES string of the molecule is CCC(C)C1NC(CC)N(CCCCC(C)C)C1=O. The van der Waals surface area contributed by atoms with Crippen LogP contribution in [0, 0.1) is 11.8 Å². The molecule has 1 rings (SSSR count). The molecule has 1 N–H and O–H groups in total. The molecule has 112 valence electrons. The number of nitrogens with zero attached hydrogens (tertiary/aromatic N) is 1. The average Bonchev–Trinajstić information content (AvgIpc) is 2.70.